The largest absolute Gasteiger partial charge is 0.486 e. The number of hydrogen-bond donors (Lipinski definition) is 0. The molecule has 0 bridgehead atoms. The average molecular weight is 712 g/mol. The minimum Gasteiger partial charge on any atom is -0.486 e. The molecule has 6 rings (SSSR count). The van der Waals surface area contributed by atoms with Gasteiger partial charge in [-0.05, 0) is 67.6 Å². The fourth-order valence-corrected chi connectivity index (χ4v) is 4.14. The van der Waals surface area contributed by atoms with E-state index < -0.39 is 25.5 Å². The molecule has 0 saturated heterocycles. The zero-order valence-electron chi connectivity index (χ0n) is 30.6. The van der Waals surface area contributed by atoms with Crippen molar-refractivity contribution in [2.45, 2.75) is 47.8 Å². The van der Waals surface area contributed by atoms with Crippen molar-refractivity contribution < 1.29 is 35.5 Å². The van der Waals surface area contributed by atoms with E-state index in [2.05, 4.69) is 27.1 Å². The van der Waals surface area contributed by atoms with E-state index in [0.717, 1.165) is 28.2 Å². The van der Waals surface area contributed by atoms with Gasteiger partial charge < -0.3 is 14.4 Å². The van der Waals surface area contributed by atoms with Crippen LogP contribution in [0.2, 0.25) is 0 Å². The number of benzene rings is 2. The topological polar surface area (TPSA) is 51.8 Å². The smallest absolute Gasteiger partial charge is 0.216 e. The summed E-state index contributed by atoms with van der Waals surface area (Å²) in [5.41, 5.74) is 4.15. The molecule has 1 radical (unpaired) electrons. The van der Waals surface area contributed by atoms with Crippen LogP contribution in [0.15, 0.2) is 83.5 Å². The van der Waals surface area contributed by atoms with Crippen LogP contribution in [0.25, 0.3) is 44.6 Å². The predicted octanol–water partition coefficient (Wildman–Crippen LogP) is 8.90. The summed E-state index contributed by atoms with van der Waals surface area (Å²) in [7, 11) is 0. The average Bonchev–Trinajstić information content (AvgIpc) is 3.38. The van der Waals surface area contributed by atoms with Crippen molar-refractivity contribution in [3.8, 4) is 22.5 Å². The molecule has 0 saturated carbocycles. The molecule has 205 valence electrons. The van der Waals surface area contributed by atoms with Gasteiger partial charge in [0.15, 0.2) is 0 Å². The Kier molecular flexibility index (Phi) is 6.20. The van der Waals surface area contributed by atoms with Gasteiger partial charge in [-0.25, -0.2) is 4.98 Å². The number of furan rings is 1. The van der Waals surface area contributed by atoms with Gasteiger partial charge in [-0.2, -0.15) is 0 Å². The predicted molar refractivity (Wildman–Crippen MR) is 159 cm³/mol. The van der Waals surface area contributed by atoms with Gasteiger partial charge in [0, 0.05) is 54.5 Å². The zero-order valence-corrected chi connectivity index (χ0v) is 25.0. The van der Waals surface area contributed by atoms with Gasteiger partial charge in [0.05, 0.1) is 5.58 Å². The molecule has 0 unspecified atom stereocenters. The van der Waals surface area contributed by atoms with Crippen LogP contribution in [-0.4, -0.2) is 15.0 Å². The zero-order chi connectivity index (χ0) is 34.4. The standard InChI is InChI=1S/C22H21N2O.C13H12N.Ir/c1-14-8-9-17-16-6-5-7-18(20(16)25-21(17)24-14)19-12-15(10-11-23-19)13-22(2,3)4;1-10-8-13(14-9-11(10)2)12-6-4-3-5-7-12;/h5-6,8-12H,13H2,1-4H3;3-6,8-9H,1-2H3;/q2*-1;/i13D2;1D3,2D3;. The first kappa shape index (κ1) is 20.3. The van der Waals surface area contributed by atoms with Crippen molar-refractivity contribution in [3.63, 3.8) is 0 Å². The number of nitrogens with zero attached hydrogens (tertiary/aromatic N) is 3. The Morgan fingerprint density at radius 1 is 0.900 bits per heavy atom. The number of aromatic nitrogens is 3. The maximum absolute atomic E-state index is 8.55. The van der Waals surface area contributed by atoms with Crippen LogP contribution in [0.1, 0.15) is 54.1 Å². The fourth-order valence-electron chi connectivity index (χ4n) is 4.14. The van der Waals surface area contributed by atoms with Crippen LogP contribution in [-0.2, 0) is 26.5 Å². The monoisotopic (exact) mass is 712 g/mol. The first-order valence-corrected chi connectivity index (χ1v) is 12.5. The van der Waals surface area contributed by atoms with Gasteiger partial charge in [-0.1, -0.05) is 55.0 Å². The Hall–Kier alpha value is -3.66. The second-order valence-electron chi connectivity index (χ2n) is 10.2. The first-order valence-electron chi connectivity index (χ1n) is 16.5. The fraction of sp³-hybridized carbons (Fsp3) is 0.229. The van der Waals surface area contributed by atoms with E-state index in [1.165, 1.54) is 6.07 Å². The van der Waals surface area contributed by atoms with E-state index in [0.29, 0.717) is 33.8 Å². The third-order valence-corrected chi connectivity index (χ3v) is 5.86. The quantitative estimate of drug-likeness (QED) is 0.172. The Morgan fingerprint density at radius 3 is 2.50 bits per heavy atom. The number of fused-ring (bicyclic) bond motifs is 3. The summed E-state index contributed by atoms with van der Waals surface area (Å²) in [5, 5.41) is 1.91. The molecule has 2 aromatic carbocycles. The molecule has 0 aliphatic carbocycles. The van der Waals surface area contributed by atoms with E-state index in [1.807, 2.05) is 52.0 Å². The van der Waals surface area contributed by atoms with Crippen molar-refractivity contribution >= 4 is 22.1 Å². The van der Waals surface area contributed by atoms with E-state index in [4.69, 9.17) is 15.4 Å². The van der Waals surface area contributed by atoms with Crippen molar-refractivity contribution in [2.24, 2.45) is 5.41 Å². The number of aryl methyl sites for hydroxylation is 3. The minimum atomic E-state index is -2.50. The van der Waals surface area contributed by atoms with Crippen LogP contribution in [0.5, 0.6) is 0 Å². The molecule has 6 aromatic rings. The van der Waals surface area contributed by atoms with Crippen LogP contribution in [0.4, 0.5) is 0 Å². The van der Waals surface area contributed by atoms with E-state index in [1.54, 1.807) is 42.6 Å². The summed E-state index contributed by atoms with van der Waals surface area (Å²) in [6, 6.07) is 25.7. The van der Waals surface area contributed by atoms with E-state index >= 15 is 0 Å². The first-order chi connectivity index (χ1) is 21.9. The molecule has 5 heteroatoms. The molecule has 0 fully saturated rings. The third kappa shape index (κ3) is 6.72. The minimum absolute atomic E-state index is 0. The van der Waals surface area contributed by atoms with Gasteiger partial charge >= 0.3 is 0 Å². The van der Waals surface area contributed by atoms with Gasteiger partial charge in [-0.15, -0.1) is 54.1 Å². The summed E-state index contributed by atoms with van der Waals surface area (Å²) in [6.45, 7) is 2.61. The van der Waals surface area contributed by atoms with Crippen molar-refractivity contribution in [3.05, 3.63) is 114 Å². The van der Waals surface area contributed by atoms with Gasteiger partial charge in [0.2, 0.25) is 5.71 Å². The maximum atomic E-state index is 8.55. The van der Waals surface area contributed by atoms with Crippen LogP contribution >= 0.6 is 0 Å². The molecular weight excluding hydrogens is 671 g/mol. The second-order valence-corrected chi connectivity index (χ2v) is 10.2. The molecule has 0 atom stereocenters. The van der Waals surface area contributed by atoms with Gasteiger partial charge in [0.1, 0.15) is 0 Å². The molecular formula is C35H33IrN3O-2. The SMILES string of the molecule is [2H]C([2H])([2H])c1cnc(-c2[c-]cccc2)cc1C([2H])([2H])[2H].[2H]C([2H])(c1ccnc(-c2[c-]ccc3c2oc2nc(C)ccc23)c1)C(C)(C)C.[Ir]. The summed E-state index contributed by atoms with van der Waals surface area (Å²) in [4.78, 5) is 13.0. The molecule has 0 amide bonds. The Labute approximate surface area is 261 Å². The van der Waals surface area contributed by atoms with Crippen LogP contribution in [0.3, 0.4) is 0 Å². The number of hydrogen-bond acceptors (Lipinski definition) is 4. The second kappa shape index (κ2) is 12.2. The Morgan fingerprint density at radius 2 is 1.75 bits per heavy atom. The molecule has 0 aliphatic heterocycles. The molecule has 4 nitrogen and oxygen atoms in total. The summed E-state index contributed by atoms with van der Waals surface area (Å²) < 4.78 is 67.8. The molecule has 4 aromatic heterocycles. The van der Waals surface area contributed by atoms with Crippen molar-refractivity contribution in [2.75, 3.05) is 0 Å². The van der Waals surface area contributed by atoms with Crippen molar-refractivity contribution in [1.29, 1.82) is 0 Å². The Bertz CT molecular complexity index is 2050. The summed E-state index contributed by atoms with van der Waals surface area (Å²) >= 11 is 0. The van der Waals surface area contributed by atoms with E-state index in [9.17, 15) is 0 Å². The normalized spacial score (nSPS) is 15.1. The van der Waals surface area contributed by atoms with Crippen molar-refractivity contribution in [1.82, 2.24) is 15.0 Å². The molecule has 40 heavy (non-hydrogen) atoms. The summed E-state index contributed by atoms with van der Waals surface area (Å²) in [6.07, 6.45) is 1.27. The number of rotatable bonds is 3. The molecule has 0 N–H and O–H groups in total. The molecule has 0 aliphatic rings. The van der Waals surface area contributed by atoms with Crippen LogP contribution < -0.4 is 0 Å². The Balaban J connectivity index is 0.000000222. The van der Waals surface area contributed by atoms with Crippen LogP contribution in [0, 0.1) is 38.2 Å². The molecule has 4 heterocycles. The molecule has 0 spiro atoms. The third-order valence-electron chi connectivity index (χ3n) is 5.86. The summed E-state index contributed by atoms with van der Waals surface area (Å²) in [5.74, 6) is 0. The number of pyridine rings is 3. The maximum Gasteiger partial charge on any atom is 0.216 e. The van der Waals surface area contributed by atoms with E-state index in [-0.39, 0.29) is 31.2 Å². The van der Waals surface area contributed by atoms with Gasteiger partial charge in [-0.3, -0.25) is 0 Å². The van der Waals surface area contributed by atoms with Gasteiger partial charge in [0.25, 0.3) is 0 Å².